The standard InChI is InChI=1S/C48H41N3O6/c1-3-30-16-20-34(21-17-30)50-44(53)38-25-24-36-39(42(38)46(50)55)27-40-45(54)51(49-33-18-14-29(2)15-19-33)47(56)48(40,32-12-8-5-9-13-32)43(36)37-23-22-35(26-41(37)52)57-28-31-10-6-4-7-11-31/h3-24,26,38-40,42-43,49,52H,1,25,27-28H2,2H3. The lowest BCUT2D eigenvalue weighted by Crippen LogP contribution is -2.53. The Bertz CT molecular complexity index is 2450. The summed E-state index contributed by atoms with van der Waals surface area (Å²) in [5, 5.41) is 13.2. The van der Waals surface area contributed by atoms with Crippen molar-refractivity contribution in [2.75, 3.05) is 10.3 Å². The number of amides is 4. The van der Waals surface area contributed by atoms with Crippen LogP contribution in [0.15, 0.2) is 146 Å². The van der Waals surface area contributed by atoms with E-state index in [2.05, 4.69) is 12.0 Å². The van der Waals surface area contributed by atoms with Crippen LogP contribution >= 0.6 is 0 Å². The fourth-order valence-corrected chi connectivity index (χ4v) is 9.70. The molecule has 4 aliphatic rings. The normalized spacial score (nSPS) is 25.1. The summed E-state index contributed by atoms with van der Waals surface area (Å²) in [6.07, 6.45) is 4.10. The third-order valence-electron chi connectivity index (χ3n) is 12.3. The lowest BCUT2D eigenvalue weighted by molar-refractivity contribution is -0.138. The first kappa shape index (κ1) is 35.9. The molecule has 57 heavy (non-hydrogen) atoms. The molecule has 9 heteroatoms. The van der Waals surface area contributed by atoms with E-state index < -0.39 is 46.8 Å². The molecule has 2 heterocycles. The molecule has 2 aliphatic carbocycles. The van der Waals surface area contributed by atoms with Gasteiger partial charge in [0.05, 0.1) is 34.5 Å². The van der Waals surface area contributed by atoms with Gasteiger partial charge in [-0.15, -0.1) is 0 Å². The van der Waals surface area contributed by atoms with Crippen LogP contribution in [0.4, 0.5) is 11.4 Å². The van der Waals surface area contributed by atoms with Gasteiger partial charge in [-0.05, 0) is 72.7 Å². The number of nitrogens with zero attached hydrogens (tertiary/aromatic N) is 2. The zero-order chi connectivity index (χ0) is 39.4. The van der Waals surface area contributed by atoms with E-state index in [4.69, 9.17) is 4.74 Å². The maximum atomic E-state index is 15.4. The molecule has 0 radical (unpaired) electrons. The highest BCUT2D eigenvalue weighted by atomic mass is 16.5. The molecule has 5 aromatic rings. The number of hydrazine groups is 1. The van der Waals surface area contributed by atoms with Crippen LogP contribution in [0.25, 0.3) is 6.08 Å². The van der Waals surface area contributed by atoms with Crippen molar-refractivity contribution in [2.45, 2.75) is 37.7 Å². The molecule has 4 amide bonds. The number of carbonyl (C=O) groups is 4. The molecule has 9 rings (SSSR count). The minimum atomic E-state index is -1.51. The number of fused-ring (bicyclic) bond motifs is 4. The van der Waals surface area contributed by atoms with E-state index in [1.54, 1.807) is 36.4 Å². The summed E-state index contributed by atoms with van der Waals surface area (Å²) in [7, 11) is 0. The summed E-state index contributed by atoms with van der Waals surface area (Å²) < 4.78 is 6.09. The summed E-state index contributed by atoms with van der Waals surface area (Å²) in [4.78, 5) is 60.5. The van der Waals surface area contributed by atoms with Crippen LogP contribution in [0.3, 0.4) is 0 Å². The zero-order valence-electron chi connectivity index (χ0n) is 31.4. The largest absolute Gasteiger partial charge is 0.508 e. The van der Waals surface area contributed by atoms with Crippen LogP contribution in [0.2, 0.25) is 0 Å². The van der Waals surface area contributed by atoms with Crippen molar-refractivity contribution >= 4 is 41.1 Å². The van der Waals surface area contributed by atoms with E-state index >= 15 is 4.79 Å². The molecule has 1 saturated carbocycles. The molecule has 3 fully saturated rings. The highest BCUT2D eigenvalue weighted by Crippen LogP contribution is 2.65. The molecular weight excluding hydrogens is 715 g/mol. The minimum Gasteiger partial charge on any atom is -0.508 e. The lowest BCUT2D eigenvalue weighted by atomic mass is 9.49. The third kappa shape index (κ3) is 5.76. The summed E-state index contributed by atoms with van der Waals surface area (Å²) in [5.74, 6) is -5.02. The Hall–Kier alpha value is -6.74. The van der Waals surface area contributed by atoms with E-state index in [1.165, 1.54) is 4.90 Å². The van der Waals surface area contributed by atoms with Crippen LogP contribution in [0.1, 0.15) is 46.6 Å². The lowest BCUT2D eigenvalue weighted by Gasteiger charge is -2.50. The van der Waals surface area contributed by atoms with Crippen LogP contribution in [-0.2, 0) is 31.2 Å². The van der Waals surface area contributed by atoms with Gasteiger partial charge >= 0.3 is 0 Å². The van der Waals surface area contributed by atoms with Gasteiger partial charge in [0.25, 0.3) is 11.8 Å². The smallest absolute Gasteiger partial charge is 0.260 e. The number of phenols is 1. The van der Waals surface area contributed by atoms with Crippen LogP contribution in [0, 0.1) is 30.6 Å². The molecule has 0 bridgehead atoms. The Kier molecular flexibility index (Phi) is 8.88. The number of carbonyl (C=O) groups excluding carboxylic acids is 4. The predicted molar refractivity (Wildman–Crippen MR) is 217 cm³/mol. The van der Waals surface area contributed by atoms with Crippen molar-refractivity contribution in [3.63, 3.8) is 0 Å². The van der Waals surface area contributed by atoms with E-state index in [-0.39, 0.29) is 37.0 Å². The highest BCUT2D eigenvalue weighted by Gasteiger charge is 2.70. The Morgan fingerprint density at radius 3 is 2.21 bits per heavy atom. The Morgan fingerprint density at radius 1 is 0.825 bits per heavy atom. The number of aryl methyl sites for hydroxylation is 1. The average Bonchev–Trinajstić information content (AvgIpc) is 3.62. The van der Waals surface area contributed by atoms with Gasteiger partial charge in [-0.1, -0.05) is 121 Å². The molecule has 284 valence electrons. The predicted octanol–water partition coefficient (Wildman–Crippen LogP) is 8.11. The van der Waals surface area contributed by atoms with Crippen LogP contribution in [-0.4, -0.2) is 33.7 Å². The summed E-state index contributed by atoms with van der Waals surface area (Å²) in [5.41, 5.74) is 7.29. The number of nitrogens with one attached hydrogen (secondary N) is 1. The summed E-state index contributed by atoms with van der Waals surface area (Å²) in [6.45, 7) is 6.06. The van der Waals surface area contributed by atoms with Gasteiger partial charge < -0.3 is 9.84 Å². The number of benzene rings is 5. The van der Waals surface area contributed by atoms with Crippen molar-refractivity contribution in [1.29, 1.82) is 0 Å². The molecule has 0 aromatic heterocycles. The molecule has 2 N–H and O–H groups in total. The number of aromatic hydroxyl groups is 1. The van der Waals surface area contributed by atoms with E-state index in [9.17, 15) is 19.5 Å². The van der Waals surface area contributed by atoms with Gasteiger partial charge in [-0.2, -0.15) is 5.01 Å². The third-order valence-corrected chi connectivity index (χ3v) is 12.3. The molecule has 6 unspecified atom stereocenters. The number of allylic oxidation sites excluding steroid dienone is 2. The molecular formula is C48H41N3O6. The Balaban J connectivity index is 1.19. The number of anilines is 2. The van der Waals surface area contributed by atoms with Crippen LogP contribution < -0.4 is 15.1 Å². The second-order valence-corrected chi connectivity index (χ2v) is 15.4. The van der Waals surface area contributed by atoms with Gasteiger partial charge in [-0.25, -0.2) is 0 Å². The van der Waals surface area contributed by atoms with Gasteiger partial charge in [0.2, 0.25) is 11.8 Å². The number of imide groups is 2. The van der Waals surface area contributed by atoms with E-state index in [0.29, 0.717) is 28.3 Å². The molecule has 0 spiro atoms. The monoisotopic (exact) mass is 755 g/mol. The zero-order valence-corrected chi connectivity index (χ0v) is 31.4. The van der Waals surface area contributed by atoms with Gasteiger partial charge in [0.15, 0.2) is 0 Å². The molecule has 2 aliphatic heterocycles. The van der Waals surface area contributed by atoms with Gasteiger partial charge in [-0.3, -0.25) is 29.5 Å². The van der Waals surface area contributed by atoms with Crippen molar-refractivity contribution in [3.8, 4) is 11.5 Å². The number of phenolic OH excluding ortho intramolecular Hbond substituents is 1. The number of hydrogen-bond donors (Lipinski definition) is 2. The Labute approximate surface area is 330 Å². The molecule has 6 atom stereocenters. The van der Waals surface area contributed by atoms with E-state index in [1.807, 2.05) is 110 Å². The first-order valence-corrected chi connectivity index (χ1v) is 19.3. The summed E-state index contributed by atoms with van der Waals surface area (Å²) >= 11 is 0. The molecule has 5 aromatic carbocycles. The van der Waals surface area contributed by atoms with Crippen molar-refractivity contribution in [3.05, 3.63) is 173 Å². The Morgan fingerprint density at radius 2 is 1.53 bits per heavy atom. The first-order chi connectivity index (χ1) is 27.7. The van der Waals surface area contributed by atoms with Gasteiger partial charge in [0, 0.05) is 17.5 Å². The number of rotatable bonds is 9. The van der Waals surface area contributed by atoms with Crippen LogP contribution in [0.5, 0.6) is 11.5 Å². The first-order valence-electron chi connectivity index (χ1n) is 19.3. The van der Waals surface area contributed by atoms with Crippen molar-refractivity contribution in [1.82, 2.24) is 5.01 Å². The minimum absolute atomic E-state index is 0.105. The molecule has 9 nitrogen and oxygen atoms in total. The second kappa shape index (κ2) is 14.1. The van der Waals surface area contributed by atoms with Crippen molar-refractivity contribution in [2.24, 2.45) is 23.7 Å². The quantitative estimate of drug-likeness (QED) is 0.115. The summed E-state index contributed by atoms with van der Waals surface area (Å²) in [6, 6.07) is 38.6. The molecule has 2 saturated heterocycles. The second-order valence-electron chi connectivity index (χ2n) is 15.4. The maximum Gasteiger partial charge on any atom is 0.260 e. The SMILES string of the molecule is C=Cc1ccc(N2C(=O)C3CC=C4C(CC5C(=O)N(Nc6ccc(C)cc6)C(=O)C5(c5ccccc5)C4c4ccc(OCc5ccccc5)cc4O)C3C2=O)cc1. The van der Waals surface area contributed by atoms with E-state index in [0.717, 1.165) is 27.3 Å². The van der Waals surface area contributed by atoms with Gasteiger partial charge in [0.1, 0.15) is 18.1 Å². The fourth-order valence-electron chi connectivity index (χ4n) is 9.70. The average molecular weight is 756 g/mol. The number of hydrogen-bond acceptors (Lipinski definition) is 7. The topological polar surface area (TPSA) is 116 Å². The van der Waals surface area contributed by atoms with Crippen molar-refractivity contribution < 1.29 is 29.0 Å². The number of ether oxygens (including phenoxy) is 1. The highest BCUT2D eigenvalue weighted by molar-refractivity contribution is 6.22. The maximum absolute atomic E-state index is 15.4. The fraction of sp³-hybridized carbons (Fsp3) is 0.208.